The molecule has 156 valence electrons. The summed E-state index contributed by atoms with van der Waals surface area (Å²) in [5.41, 5.74) is 0.509. The Hall–Kier alpha value is -2.04. The molecule has 1 aromatic carbocycles. The minimum Gasteiger partial charge on any atom is -0.492 e. The lowest BCUT2D eigenvalue weighted by Crippen LogP contribution is -2.56. The fourth-order valence-electron chi connectivity index (χ4n) is 7.03. The third kappa shape index (κ3) is 3.32. The van der Waals surface area contributed by atoms with Crippen molar-refractivity contribution in [2.45, 2.75) is 64.3 Å². The SMILES string of the molecule is CCOc1ccccc1NC(=O)[C@H]1CCCN1C(=O)C12CC3CC(CC(C3)C1)C2. The summed E-state index contributed by atoms with van der Waals surface area (Å²) >= 11 is 0. The van der Waals surface area contributed by atoms with E-state index in [1.165, 1.54) is 19.3 Å². The maximum atomic E-state index is 13.8. The van der Waals surface area contributed by atoms with Crippen LogP contribution in [0.2, 0.25) is 0 Å². The molecular formula is C24H32N2O3. The van der Waals surface area contributed by atoms with Crippen LogP contribution >= 0.6 is 0 Å². The van der Waals surface area contributed by atoms with Crippen LogP contribution in [0.5, 0.6) is 5.75 Å². The first-order valence-corrected chi connectivity index (χ1v) is 11.4. The van der Waals surface area contributed by atoms with E-state index in [4.69, 9.17) is 4.74 Å². The monoisotopic (exact) mass is 396 g/mol. The fourth-order valence-corrected chi connectivity index (χ4v) is 7.03. The normalized spacial score (nSPS) is 35.0. The zero-order chi connectivity index (χ0) is 20.0. The van der Waals surface area contributed by atoms with E-state index in [0.29, 0.717) is 24.6 Å². The van der Waals surface area contributed by atoms with Crippen molar-refractivity contribution in [3.63, 3.8) is 0 Å². The second-order valence-electron chi connectivity index (χ2n) is 9.77. The lowest BCUT2D eigenvalue weighted by atomic mass is 9.49. The molecule has 4 aliphatic carbocycles. The van der Waals surface area contributed by atoms with Crippen molar-refractivity contribution < 1.29 is 14.3 Å². The lowest BCUT2D eigenvalue weighted by molar-refractivity contribution is -0.160. The molecule has 0 spiro atoms. The van der Waals surface area contributed by atoms with E-state index in [1.54, 1.807) is 0 Å². The van der Waals surface area contributed by atoms with E-state index in [9.17, 15) is 9.59 Å². The van der Waals surface area contributed by atoms with E-state index < -0.39 is 0 Å². The van der Waals surface area contributed by atoms with Crippen molar-refractivity contribution in [3.05, 3.63) is 24.3 Å². The molecule has 1 aliphatic heterocycles. The van der Waals surface area contributed by atoms with Crippen LogP contribution in [-0.4, -0.2) is 35.9 Å². The van der Waals surface area contributed by atoms with Crippen LogP contribution in [0.15, 0.2) is 24.3 Å². The number of nitrogens with zero attached hydrogens (tertiary/aromatic N) is 1. The average Bonchev–Trinajstić information content (AvgIpc) is 3.18. The molecule has 2 amide bonds. The Kier molecular flexibility index (Phi) is 4.79. The molecule has 0 radical (unpaired) electrons. The molecule has 29 heavy (non-hydrogen) atoms. The lowest BCUT2D eigenvalue weighted by Gasteiger charge is -2.56. The molecule has 4 bridgehead atoms. The number of hydrogen-bond acceptors (Lipinski definition) is 3. The highest BCUT2D eigenvalue weighted by Gasteiger charge is 2.56. The summed E-state index contributed by atoms with van der Waals surface area (Å²) in [7, 11) is 0. The number of amides is 2. The van der Waals surface area contributed by atoms with Crippen LogP contribution < -0.4 is 10.1 Å². The van der Waals surface area contributed by atoms with Crippen molar-refractivity contribution in [2.75, 3.05) is 18.5 Å². The first-order chi connectivity index (χ1) is 14.1. The topological polar surface area (TPSA) is 58.6 Å². The first-order valence-electron chi connectivity index (χ1n) is 11.4. The maximum Gasteiger partial charge on any atom is 0.247 e. The highest BCUT2D eigenvalue weighted by Crippen LogP contribution is 2.60. The number of para-hydroxylation sites is 2. The summed E-state index contributed by atoms with van der Waals surface area (Å²) in [6.45, 7) is 3.19. The predicted octanol–water partition coefficient (Wildman–Crippen LogP) is 4.23. The molecular weight excluding hydrogens is 364 g/mol. The van der Waals surface area contributed by atoms with E-state index in [1.807, 2.05) is 36.1 Å². The molecule has 5 aliphatic rings. The van der Waals surface area contributed by atoms with E-state index in [0.717, 1.165) is 49.9 Å². The van der Waals surface area contributed by atoms with Gasteiger partial charge in [0.2, 0.25) is 11.8 Å². The number of rotatable bonds is 5. The van der Waals surface area contributed by atoms with Gasteiger partial charge < -0.3 is 15.0 Å². The molecule has 4 saturated carbocycles. The largest absolute Gasteiger partial charge is 0.492 e. The molecule has 1 N–H and O–H groups in total. The Morgan fingerprint density at radius 3 is 2.41 bits per heavy atom. The van der Waals surface area contributed by atoms with Gasteiger partial charge in [0.05, 0.1) is 17.7 Å². The molecule has 1 aromatic rings. The molecule has 5 nitrogen and oxygen atoms in total. The molecule has 5 fully saturated rings. The number of carbonyl (C=O) groups excluding carboxylic acids is 2. The van der Waals surface area contributed by atoms with Crippen LogP contribution in [0.4, 0.5) is 5.69 Å². The molecule has 5 heteroatoms. The van der Waals surface area contributed by atoms with Crippen molar-refractivity contribution >= 4 is 17.5 Å². The van der Waals surface area contributed by atoms with Gasteiger partial charge in [-0.1, -0.05) is 12.1 Å². The number of benzene rings is 1. The standard InChI is InChI=1S/C24H32N2O3/c1-2-29-21-8-4-3-6-19(21)25-22(27)20-7-5-9-26(20)23(28)24-13-16-10-17(14-24)12-18(11-16)15-24/h3-4,6,8,16-18,20H,2,5,7,9-15H2,1H3,(H,25,27)/t16?,17?,18?,20-,24?/m1/s1. The summed E-state index contributed by atoms with van der Waals surface area (Å²) in [5, 5.41) is 3.04. The molecule has 1 atom stereocenters. The third-order valence-electron chi connectivity index (χ3n) is 7.75. The van der Waals surface area contributed by atoms with E-state index >= 15 is 0 Å². The summed E-state index contributed by atoms with van der Waals surface area (Å²) in [6, 6.07) is 7.17. The Morgan fingerprint density at radius 1 is 1.10 bits per heavy atom. The summed E-state index contributed by atoms with van der Waals surface area (Å²) in [5.74, 6) is 3.08. The van der Waals surface area contributed by atoms with Crippen molar-refractivity contribution in [1.82, 2.24) is 4.90 Å². The van der Waals surface area contributed by atoms with Gasteiger partial charge >= 0.3 is 0 Å². The van der Waals surface area contributed by atoms with E-state index in [2.05, 4.69) is 5.32 Å². The third-order valence-corrected chi connectivity index (χ3v) is 7.75. The van der Waals surface area contributed by atoms with Gasteiger partial charge in [0.1, 0.15) is 11.8 Å². The number of hydrogen-bond donors (Lipinski definition) is 1. The van der Waals surface area contributed by atoms with Gasteiger partial charge in [-0.15, -0.1) is 0 Å². The molecule has 1 heterocycles. The maximum absolute atomic E-state index is 13.8. The van der Waals surface area contributed by atoms with E-state index in [-0.39, 0.29) is 23.3 Å². The van der Waals surface area contributed by atoms with Crippen LogP contribution in [0.1, 0.15) is 58.3 Å². The number of ether oxygens (including phenoxy) is 1. The smallest absolute Gasteiger partial charge is 0.247 e. The Morgan fingerprint density at radius 2 is 1.76 bits per heavy atom. The minimum absolute atomic E-state index is 0.0762. The average molecular weight is 397 g/mol. The Bertz CT molecular complexity index is 770. The zero-order valence-electron chi connectivity index (χ0n) is 17.4. The van der Waals surface area contributed by atoms with Gasteiger partial charge in [0.25, 0.3) is 0 Å². The van der Waals surface area contributed by atoms with Crippen molar-refractivity contribution in [3.8, 4) is 5.75 Å². The van der Waals surface area contributed by atoms with Gasteiger partial charge in [-0.3, -0.25) is 9.59 Å². The number of nitrogens with one attached hydrogen (secondary N) is 1. The second kappa shape index (κ2) is 7.33. The highest BCUT2D eigenvalue weighted by molar-refractivity contribution is 5.99. The second-order valence-corrected chi connectivity index (χ2v) is 9.77. The van der Waals surface area contributed by atoms with Gasteiger partial charge in [0.15, 0.2) is 0 Å². The van der Waals surface area contributed by atoms with Gasteiger partial charge in [0, 0.05) is 6.54 Å². The van der Waals surface area contributed by atoms with Gasteiger partial charge in [-0.2, -0.15) is 0 Å². The van der Waals surface area contributed by atoms with Crippen LogP contribution in [0, 0.1) is 23.2 Å². The number of anilines is 1. The minimum atomic E-state index is -0.356. The summed E-state index contributed by atoms with van der Waals surface area (Å²) in [4.78, 5) is 28.8. The van der Waals surface area contributed by atoms with Gasteiger partial charge in [-0.05, 0) is 88.2 Å². The van der Waals surface area contributed by atoms with Crippen LogP contribution in [0.3, 0.4) is 0 Å². The molecule has 6 rings (SSSR count). The first kappa shape index (κ1) is 19.0. The number of carbonyl (C=O) groups is 2. The van der Waals surface area contributed by atoms with Crippen LogP contribution in [-0.2, 0) is 9.59 Å². The van der Waals surface area contributed by atoms with Crippen LogP contribution in [0.25, 0.3) is 0 Å². The molecule has 0 aromatic heterocycles. The number of likely N-dealkylation sites (tertiary alicyclic amines) is 1. The van der Waals surface area contributed by atoms with Crippen molar-refractivity contribution in [1.29, 1.82) is 0 Å². The highest BCUT2D eigenvalue weighted by atomic mass is 16.5. The quantitative estimate of drug-likeness (QED) is 0.810. The zero-order valence-corrected chi connectivity index (χ0v) is 17.4. The predicted molar refractivity (Wildman–Crippen MR) is 112 cm³/mol. The molecule has 0 unspecified atom stereocenters. The fraction of sp³-hybridized carbons (Fsp3) is 0.667. The van der Waals surface area contributed by atoms with Crippen molar-refractivity contribution in [2.24, 2.45) is 23.2 Å². The summed E-state index contributed by atoms with van der Waals surface area (Å²) in [6.07, 6.45) is 8.78. The Balaban J connectivity index is 1.33. The van der Waals surface area contributed by atoms with Gasteiger partial charge in [-0.25, -0.2) is 0 Å². The summed E-state index contributed by atoms with van der Waals surface area (Å²) < 4.78 is 5.64. The Labute approximate surface area is 173 Å². The molecule has 1 saturated heterocycles.